The standard InChI is InChI=1S/C17H25N5/c1-15-13-21(9-5-16-3-6-18-7-4-16)11-12-22(15)14-17-19-8-10-20(17)2/h3-4,6-8,10,15H,5,9,11-14H2,1-2H3. The monoisotopic (exact) mass is 299 g/mol. The van der Waals surface area contributed by atoms with Crippen LogP contribution in [0.4, 0.5) is 0 Å². The van der Waals surface area contributed by atoms with Gasteiger partial charge in [0.1, 0.15) is 5.82 Å². The average molecular weight is 299 g/mol. The van der Waals surface area contributed by atoms with E-state index in [1.165, 1.54) is 5.56 Å². The highest BCUT2D eigenvalue weighted by molar-refractivity contribution is 5.10. The fourth-order valence-electron chi connectivity index (χ4n) is 3.08. The van der Waals surface area contributed by atoms with Gasteiger partial charge in [0.25, 0.3) is 0 Å². The Balaban J connectivity index is 1.48. The van der Waals surface area contributed by atoms with Crippen LogP contribution in [0.1, 0.15) is 18.3 Å². The predicted molar refractivity (Wildman–Crippen MR) is 87.5 cm³/mol. The number of rotatable bonds is 5. The van der Waals surface area contributed by atoms with E-state index in [0.29, 0.717) is 6.04 Å². The molecule has 0 aliphatic carbocycles. The molecule has 0 bridgehead atoms. The van der Waals surface area contributed by atoms with Crippen molar-refractivity contribution >= 4 is 0 Å². The van der Waals surface area contributed by atoms with Crippen LogP contribution >= 0.6 is 0 Å². The summed E-state index contributed by atoms with van der Waals surface area (Å²) in [6, 6.07) is 4.80. The Morgan fingerprint density at radius 2 is 2.00 bits per heavy atom. The molecule has 0 N–H and O–H groups in total. The molecule has 0 aromatic carbocycles. The first-order valence-corrected chi connectivity index (χ1v) is 8.04. The number of piperazine rings is 1. The third kappa shape index (κ3) is 3.72. The Bertz CT molecular complexity index is 580. The number of nitrogens with zero attached hydrogens (tertiary/aromatic N) is 5. The molecule has 2 aromatic heterocycles. The van der Waals surface area contributed by atoms with E-state index in [1.807, 2.05) is 24.8 Å². The van der Waals surface area contributed by atoms with Crippen LogP contribution in [-0.4, -0.2) is 56.6 Å². The first-order valence-electron chi connectivity index (χ1n) is 8.04. The zero-order valence-electron chi connectivity index (χ0n) is 13.5. The van der Waals surface area contributed by atoms with Crippen LogP contribution in [-0.2, 0) is 20.0 Å². The van der Waals surface area contributed by atoms with Crippen molar-refractivity contribution in [2.45, 2.75) is 25.9 Å². The van der Waals surface area contributed by atoms with Crippen molar-refractivity contribution < 1.29 is 0 Å². The van der Waals surface area contributed by atoms with Gasteiger partial charge in [-0.2, -0.15) is 0 Å². The van der Waals surface area contributed by atoms with Gasteiger partial charge >= 0.3 is 0 Å². The highest BCUT2D eigenvalue weighted by Crippen LogP contribution is 2.13. The van der Waals surface area contributed by atoms with Gasteiger partial charge in [-0.25, -0.2) is 4.98 Å². The van der Waals surface area contributed by atoms with Crippen LogP contribution in [0, 0.1) is 0 Å². The summed E-state index contributed by atoms with van der Waals surface area (Å²) < 4.78 is 2.11. The molecule has 118 valence electrons. The van der Waals surface area contributed by atoms with Crippen LogP contribution in [0.15, 0.2) is 36.9 Å². The lowest BCUT2D eigenvalue weighted by Crippen LogP contribution is -2.51. The largest absolute Gasteiger partial charge is 0.337 e. The predicted octanol–water partition coefficient (Wildman–Crippen LogP) is 1.56. The SMILES string of the molecule is CC1CN(CCc2ccncc2)CCN1Cc1nccn1C. The number of aryl methyl sites for hydroxylation is 1. The Kier molecular flexibility index (Phi) is 4.85. The molecule has 22 heavy (non-hydrogen) atoms. The molecule has 1 saturated heterocycles. The number of pyridine rings is 1. The van der Waals surface area contributed by atoms with Gasteiger partial charge < -0.3 is 9.47 Å². The fourth-order valence-corrected chi connectivity index (χ4v) is 3.08. The second kappa shape index (κ2) is 7.03. The zero-order chi connectivity index (χ0) is 15.4. The topological polar surface area (TPSA) is 37.2 Å². The summed E-state index contributed by atoms with van der Waals surface area (Å²) in [7, 11) is 2.07. The van der Waals surface area contributed by atoms with Crippen molar-refractivity contribution in [2.24, 2.45) is 7.05 Å². The second-order valence-corrected chi connectivity index (χ2v) is 6.18. The summed E-state index contributed by atoms with van der Waals surface area (Å²) in [5, 5.41) is 0. The fraction of sp³-hybridized carbons (Fsp3) is 0.529. The van der Waals surface area contributed by atoms with Crippen LogP contribution in [0.3, 0.4) is 0 Å². The van der Waals surface area contributed by atoms with Crippen LogP contribution in [0.2, 0.25) is 0 Å². The number of imidazole rings is 1. The smallest absolute Gasteiger partial charge is 0.122 e. The highest BCUT2D eigenvalue weighted by atomic mass is 15.3. The molecule has 1 fully saturated rings. The molecule has 0 radical (unpaired) electrons. The van der Waals surface area contributed by atoms with E-state index in [1.54, 1.807) is 0 Å². The summed E-state index contributed by atoms with van der Waals surface area (Å²) in [5.41, 5.74) is 1.37. The molecule has 2 aromatic rings. The third-order valence-electron chi connectivity index (χ3n) is 4.58. The molecule has 1 unspecified atom stereocenters. The maximum atomic E-state index is 4.44. The van der Waals surface area contributed by atoms with Crippen molar-refractivity contribution in [3.05, 3.63) is 48.3 Å². The van der Waals surface area contributed by atoms with Gasteiger partial charge in [0.05, 0.1) is 6.54 Å². The van der Waals surface area contributed by atoms with E-state index in [-0.39, 0.29) is 0 Å². The molecule has 5 nitrogen and oxygen atoms in total. The van der Waals surface area contributed by atoms with Gasteiger partial charge in [-0.15, -0.1) is 0 Å². The van der Waals surface area contributed by atoms with E-state index >= 15 is 0 Å². The van der Waals surface area contributed by atoms with Crippen molar-refractivity contribution in [3.8, 4) is 0 Å². The van der Waals surface area contributed by atoms with Gasteiger partial charge in [0, 0.05) is 64.1 Å². The Hall–Kier alpha value is -1.72. The van der Waals surface area contributed by atoms with E-state index in [2.05, 4.69) is 50.4 Å². The molecule has 1 atom stereocenters. The van der Waals surface area contributed by atoms with Crippen molar-refractivity contribution in [3.63, 3.8) is 0 Å². The van der Waals surface area contributed by atoms with Crippen molar-refractivity contribution in [1.82, 2.24) is 24.3 Å². The first kappa shape index (κ1) is 15.2. The zero-order valence-corrected chi connectivity index (χ0v) is 13.5. The Morgan fingerprint density at radius 1 is 1.18 bits per heavy atom. The summed E-state index contributed by atoms with van der Waals surface area (Å²) in [5.74, 6) is 1.15. The van der Waals surface area contributed by atoms with Crippen LogP contribution in [0.5, 0.6) is 0 Å². The van der Waals surface area contributed by atoms with Crippen molar-refractivity contribution in [1.29, 1.82) is 0 Å². The molecular weight excluding hydrogens is 274 g/mol. The van der Waals surface area contributed by atoms with Crippen LogP contribution in [0.25, 0.3) is 0 Å². The summed E-state index contributed by atoms with van der Waals surface area (Å²) in [6.45, 7) is 7.79. The van der Waals surface area contributed by atoms with Gasteiger partial charge in [-0.3, -0.25) is 9.88 Å². The van der Waals surface area contributed by atoms with E-state index < -0.39 is 0 Å². The lowest BCUT2D eigenvalue weighted by molar-refractivity contribution is 0.0758. The Morgan fingerprint density at radius 3 is 2.68 bits per heavy atom. The highest BCUT2D eigenvalue weighted by Gasteiger charge is 2.24. The first-order chi connectivity index (χ1) is 10.7. The maximum Gasteiger partial charge on any atom is 0.122 e. The summed E-state index contributed by atoms with van der Waals surface area (Å²) in [6.07, 6.45) is 8.76. The quantitative estimate of drug-likeness (QED) is 0.840. The molecule has 3 heterocycles. The minimum Gasteiger partial charge on any atom is -0.337 e. The second-order valence-electron chi connectivity index (χ2n) is 6.18. The third-order valence-corrected chi connectivity index (χ3v) is 4.58. The molecule has 0 spiro atoms. The molecule has 1 aliphatic heterocycles. The number of hydrogen-bond donors (Lipinski definition) is 0. The normalized spacial score (nSPS) is 20.4. The number of aromatic nitrogens is 3. The Labute approximate surface area is 132 Å². The van der Waals surface area contributed by atoms with Crippen molar-refractivity contribution in [2.75, 3.05) is 26.2 Å². The lowest BCUT2D eigenvalue weighted by atomic mass is 10.1. The van der Waals surface area contributed by atoms with Gasteiger partial charge in [0.2, 0.25) is 0 Å². The van der Waals surface area contributed by atoms with Crippen LogP contribution < -0.4 is 0 Å². The maximum absolute atomic E-state index is 4.44. The van der Waals surface area contributed by atoms with E-state index in [9.17, 15) is 0 Å². The molecule has 1 aliphatic rings. The molecule has 0 amide bonds. The van der Waals surface area contributed by atoms with Gasteiger partial charge in [-0.05, 0) is 31.0 Å². The summed E-state index contributed by atoms with van der Waals surface area (Å²) in [4.78, 5) is 13.6. The van der Waals surface area contributed by atoms with Gasteiger partial charge in [-0.1, -0.05) is 0 Å². The molecular formula is C17H25N5. The van der Waals surface area contributed by atoms with E-state index in [4.69, 9.17) is 0 Å². The summed E-state index contributed by atoms with van der Waals surface area (Å²) >= 11 is 0. The minimum absolute atomic E-state index is 0.572. The average Bonchev–Trinajstić information content (AvgIpc) is 2.94. The lowest BCUT2D eigenvalue weighted by Gasteiger charge is -2.39. The molecule has 5 heteroatoms. The minimum atomic E-state index is 0.572. The molecule has 0 saturated carbocycles. The van der Waals surface area contributed by atoms with E-state index in [0.717, 1.165) is 45.0 Å². The molecule has 3 rings (SSSR count). The van der Waals surface area contributed by atoms with Gasteiger partial charge in [0.15, 0.2) is 0 Å². The number of hydrogen-bond acceptors (Lipinski definition) is 4.